The van der Waals surface area contributed by atoms with Crippen LogP contribution in [0.2, 0.25) is 0 Å². The van der Waals surface area contributed by atoms with Gasteiger partial charge in [0.15, 0.2) is 5.96 Å². The highest BCUT2D eigenvalue weighted by Crippen LogP contribution is 2.22. The van der Waals surface area contributed by atoms with Gasteiger partial charge in [0, 0.05) is 52.9 Å². The smallest absolute Gasteiger partial charge is 0.193 e. The number of anilines is 1. The Kier molecular flexibility index (Phi) is 9.27. The topological polar surface area (TPSA) is 34.1 Å². The van der Waals surface area contributed by atoms with Gasteiger partial charge in [0.2, 0.25) is 0 Å². The summed E-state index contributed by atoms with van der Waals surface area (Å²) in [5.74, 6) is 1.79. The van der Waals surface area contributed by atoms with Crippen molar-refractivity contribution in [2.75, 3.05) is 64.3 Å². The summed E-state index contributed by atoms with van der Waals surface area (Å²) in [6.07, 6.45) is 2.43. The zero-order chi connectivity index (χ0) is 19.9. The van der Waals surface area contributed by atoms with Gasteiger partial charge in [0.25, 0.3) is 0 Å². The van der Waals surface area contributed by atoms with E-state index in [1.807, 2.05) is 18.4 Å². The molecule has 2 aromatic rings. The van der Waals surface area contributed by atoms with Gasteiger partial charge >= 0.3 is 0 Å². The number of nitrogens with one attached hydrogen (secondary N) is 1. The fraction of sp³-hybridized carbons (Fsp3) is 0.522. The summed E-state index contributed by atoms with van der Waals surface area (Å²) in [6.45, 7) is 8.81. The fourth-order valence-corrected chi connectivity index (χ4v) is 5.16. The lowest BCUT2D eigenvalue weighted by Crippen LogP contribution is -2.53. The summed E-state index contributed by atoms with van der Waals surface area (Å²) in [6, 6.07) is 15.2. The molecule has 0 amide bonds. The lowest BCUT2D eigenvalue weighted by atomic mass is 10.1. The van der Waals surface area contributed by atoms with E-state index in [0.717, 1.165) is 51.0 Å². The molecule has 0 bridgehead atoms. The highest BCUT2D eigenvalue weighted by Gasteiger charge is 2.24. The van der Waals surface area contributed by atoms with E-state index in [2.05, 4.69) is 72.9 Å². The van der Waals surface area contributed by atoms with Crippen molar-refractivity contribution >= 4 is 46.3 Å². The van der Waals surface area contributed by atoms with Crippen LogP contribution in [0.4, 0.5) is 5.00 Å². The third kappa shape index (κ3) is 6.34. The van der Waals surface area contributed by atoms with Crippen LogP contribution in [-0.4, -0.2) is 75.2 Å². The first-order chi connectivity index (χ1) is 14.3. The largest absolute Gasteiger partial charge is 0.360 e. The van der Waals surface area contributed by atoms with E-state index in [9.17, 15) is 0 Å². The second kappa shape index (κ2) is 11.9. The molecule has 2 saturated heterocycles. The minimum Gasteiger partial charge on any atom is -0.360 e. The van der Waals surface area contributed by atoms with Gasteiger partial charge in [-0.1, -0.05) is 30.3 Å². The van der Waals surface area contributed by atoms with E-state index in [4.69, 9.17) is 0 Å². The molecule has 164 valence electrons. The summed E-state index contributed by atoms with van der Waals surface area (Å²) in [7, 11) is 1.91. The second-order valence-electron chi connectivity index (χ2n) is 8.04. The molecule has 0 aliphatic carbocycles. The quantitative estimate of drug-likeness (QED) is 0.346. The Bertz CT molecular complexity index is 759. The Morgan fingerprint density at radius 3 is 2.57 bits per heavy atom. The molecule has 0 saturated carbocycles. The second-order valence-corrected chi connectivity index (χ2v) is 8.97. The van der Waals surface area contributed by atoms with Crippen LogP contribution in [0.15, 0.2) is 52.8 Å². The van der Waals surface area contributed by atoms with Crippen LogP contribution < -0.4 is 10.2 Å². The zero-order valence-electron chi connectivity index (χ0n) is 17.9. The van der Waals surface area contributed by atoms with Crippen molar-refractivity contribution in [2.24, 2.45) is 10.9 Å². The molecule has 7 heteroatoms. The number of aliphatic imine (C=N–C) groups is 1. The summed E-state index contributed by atoms with van der Waals surface area (Å²) in [4.78, 5) is 12.1. The minimum atomic E-state index is 0. The molecular weight excluding hydrogens is 505 g/mol. The lowest BCUT2D eigenvalue weighted by molar-refractivity contribution is 0.325. The first-order valence-electron chi connectivity index (χ1n) is 10.8. The summed E-state index contributed by atoms with van der Waals surface area (Å²) < 4.78 is 0. The van der Waals surface area contributed by atoms with E-state index in [0.29, 0.717) is 0 Å². The van der Waals surface area contributed by atoms with E-state index in [1.165, 1.54) is 36.6 Å². The molecule has 0 radical (unpaired) electrons. The van der Waals surface area contributed by atoms with Crippen molar-refractivity contribution in [3.63, 3.8) is 0 Å². The Hall–Kier alpha value is -1.32. The number of halogens is 1. The number of guanidine groups is 1. The van der Waals surface area contributed by atoms with Crippen LogP contribution in [0.25, 0.3) is 0 Å². The number of hydrogen-bond donors (Lipinski definition) is 1. The van der Waals surface area contributed by atoms with Crippen LogP contribution in [0, 0.1) is 5.92 Å². The van der Waals surface area contributed by atoms with Gasteiger partial charge < -0.3 is 20.0 Å². The van der Waals surface area contributed by atoms with Crippen molar-refractivity contribution in [3.05, 3.63) is 53.4 Å². The number of thiophene rings is 1. The Morgan fingerprint density at radius 2 is 1.87 bits per heavy atom. The summed E-state index contributed by atoms with van der Waals surface area (Å²) in [5, 5.41) is 7.20. The van der Waals surface area contributed by atoms with Gasteiger partial charge in [-0.2, -0.15) is 0 Å². The Morgan fingerprint density at radius 1 is 1.07 bits per heavy atom. The van der Waals surface area contributed by atoms with E-state index >= 15 is 0 Å². The molecule has 1 atom stereocenters. The van der Waals surface area contributed by atoms with Crippen molar-refractivity contribution in [1.82, 2.24) is 15.1 Å². The van der Waals surface area contributed by atoms with Crippen LogP contribution in [-0.2, 0) is 6.42 Å². The average Bonchev–Trinajstić information content (AvgIpc) is 3.46. The number of piperazine rings is 1. The molecule has 4 rings (SSSR count). The number of benzene rings is 1. The van der Waals surface area contributed by atoms with Crippen LogP contribution in [0.3, 0.4) is 0 Å². The number of likely N-dealkylation sites (tertiary alicyclic amines) is 1. The lowest BCUT2D eigenvalue weighted by Gasteiger charge is -2.37. The predicted octanol–water partition coefficient (Wildman–Crippen LogP) is 3.63. The average molecular weight is 540 g/mol. The predicted molar refractivity (Wildman–Crippen MR) is 140 cm³/mol. The monoisotopic (exact) mass is 539 g/mol. The third-order valence-electron chi connectivity index (χ3n) is 6.09. The van der Waals surface area contributed by atoms with Gasteiger partial charge in [0.05, 0.1) is 5.00 Å². The van der Waals surface area contributed by atoms with Gasteiger partial charge in [-0.05, 0) is 48.4 Å². The number of nitrogens with zero attached hydrogens (tertiary/aromatic N) is 4. The molecule has 3 heterocycles. The molecular formula is C23H34IN5S. The van der Waals surface area contributed by atoms with Gasteiger partial charge in [-0.25, -0.2) is 0 Å². The first-order valence-corrected chi connectivity index (χ1v) is 11.7. The van der Waals surface area contributed by atoms with E-state index in [-0.39, 0.29) is 24.0 Å². The van der Waals surface area contributed by atoms with E-state index < -0.39 is 0 Å². The van der Waals surface area contributed by atoms with Crippen LogP contribution >= 0.6 is 35.3 Å². The summed E-state index contributed by atoms with van der Waals surface area (Å²) in [5.41, 5.74) is 1.44. The molecule has 30 heavy (non-hydrogen) atoms. The summed E-state index contributed by atoms with van der Waals surface area (Å²) >= 11 is 1.83. The number of hydrogen-bond acceptors (Lipinski definition) is 4. The normalized spacial score (nSPS) is 20.3. The molecule has 5 nitrogen and oxygen atoms in total. The number of rotatable bonds is 6. The van der Waals surface area contributed by atoms with Crippen LogP contribution in [0.5, 0.6) is 0 Å². The molecule has 2 aliphatic rings. The molecule has 0 spiro atoms. The zero-order valence-corrected chi connectivity index (χ0v) is 21.0. The minimum absolute atomic E-state index is 0. The van der Waals surface area contributed by atoms with Crippen molar-refractivity contribution in [1.29, 1.82) is 0 Å². The first kappa shape index (κ1) is 23.3. The SMILES string of the molecule is CN=C(NCC1CCN(CCc2ccccc2)C1)N1CCN(c2cccs2)CC1.I. The molecule has 1 aromatic carbocycles. The van der Waals surface area contributed by atoms with E-state index in [1.54, 1.807) is 0 Å². The third-order valence-corrected chi connectivity index (χ3v) is 7.02. The highest BCUT2D eigenvalue weighted by atomic mass is 127. The van der Waals surface area contributed by atoms with Crippen molar-refractivity contribution in [2.45, 2.75) is 12.8 Å². The van der Waals surface area contributed by atoms with Crippen molar-refractivity contribution in [3.8, 4) is 0 Å². The Balaban J connectivity index is 0.00000256. The maximum Gasteiger partial charge on any atom is 0.193 e. The van der Waals surface area contributed by atoms with Crippen LogP contribution in [0.1, 0.15) is 12.0 Å². The standard InChI is InChI=1S/C23H33N5S.HI/c1-24-23(28-15-13-27(14-16-28)22-8-5-17-29-22)25-18-21-10-12-26(19-21)11-9-20-6-3-2-4-7-20;/h2-8,17,21H,9-16,18-19H2,1H3,(H,24,25);1H. The maximum atomic E-state index is 4.56. The van der Waals surface area contributed by atoms with Gasteiger partial charge in [0.1, 0.15) is 0 Å². The van der Waals surface area contributed by atoms with Gasteiger partial charge in [-0.3, -0.25) is 4.99 Å². The highest BCUT2D eigenvalue weighted by molar-refractivity contribution is 14.0. The molecule has 2 aliphatic heterocycles. The fourth-order valence-electron chi connectivity index (χ4n) is 4.37. The Labute approximate surface area is 202 Å². The van der Waals surface area contributed by atoms with Gasteiger partial charge in [-0.15, -0.1) is 35.3 Å². The molecule has 1 N–H and O–H groups in total. The van der Waals surface area contributed by atoms with Crippen molar-refractivity contribution < 1.29 is 0 Å². The maximum absolute atomic E-state index is 4.56. The molecule has 1 unspecified atom stereocenters. The molecule has 1 aromatic heterocycles. The molecule has 2 fully saturated rings.